The molecule has 1 amide bonds. The van der Waals surface area contributed by atoms with Gasteiger partial charge in [-0.25, -0.2) is 9.07 Å². The number of amides is 1. The van der Waals surface area contributed by atoms with Gasteiger partial charge in [0.15, 0.2) is 0 Å². The molecule has 0 radical (unpaired) electrons. The van der Waals surface area contributed by atoms with Crippen LogP contribution in [0.3, 0.4) is 0 Å². The van der Waals surface area contributed by atoms with Gasteiger partial charge < -0.3 is 14.4 Å². The molecule has 0 N–H and O–H groups in total. The summed E-state index contributed by atoms with van der Waals surface area (Å²) in [5.41, 5.74) is 4.55. The molecule has 4 aromatic rings. The molecule has 35 heavy (non-hydrogen) atoms. The molecular weight excluding hydrogens is 447 g/mol. The van der Waals surface area contributed by atoms with Crippen molar-refractivity contribution in [1.82, 2.24) is 19.9 Å². The van der Waals surface area contributed by atoms with Gasteiger partial charge in [-0.3, -0.25) is 4.79 Å². The van der Waals surface area contributed by atoms with Crippen LogP contribution in [0.25, 0.3) is 11.0 Å². The van der Waals surface area contributed by atoms with E-state index in [4.69, 9.17) is 9.47 Å². The summed E-state index contributed by atoms with van der Waals surface area (Å²) in [6, 6.07) is 20.3. The van der Waals surface area contributed by atoms with Crippen molar-refractivity contribution in [2.24, 2.45) is 0 Å². The van der Waals surface area contributed by atoms with Gasteiger partial charge in [-0.15, -0.1) is 5.10 Å². The Morgan fingerprint density at radius 3 is 2.80 bits per heavy atom. The van der Waals surface area contributed by atoms with Gasteiger partial charge in [-0.1, -0.05) is 41.6 Å². The first-order valence-corrected chi connectivity index (χ1v) is 11.8. The minimum Gasteiger partial charge on any atom is -0.491 e. The Kier molecular flexibility index (Phi) is 6.99. The highest BCUT2D eigenvalue weighted by Crippen LogP contribution is 2.24. The van der Waals surface area contributed by atoms with Crippen LogP contribution < -0.4 is 4.74 Å². The fraction of sp³-hybridized carbons (Fsp3) is 0.296. The zero-order valence-electron chi connectivity index (χ0n) is 19.4. The van der Waals surface area contributed by atoms with Gasteiger partial charge in [0.25, 0.3) is 0 Å². The summed E-state index contributed by atoms with van der Waals surface area (Å²) in [5, 5.41) is 8.36. The predicted molar refractivity (Wildman–Crippen MR) is 130 cm³/mol. The third-order valence-corrected chi connectivity index (χ3v) is 6.08. The average Bonchev–Trinajstić information content (AvgIpc) is 3.28. The summed E-state index contributed by atoms with van der Waals surface area (Å²) >= 11 is 0. The molecule has 2 bridgehead atoms. The molecule has 7 nitrogen and oxygen atoms in total. The van der Waals surface area contributed by atoms with E-state index in [0.717, 1.165) is 27.7 Å². The molecule has 0 fully saturated rings. The van der Waals surface area contributed by atoms with E-state index in [-0.39, 0.29) is 11.7 Å². The molecule has 5 rings (SSSR count). The quantitative estimate of drug-likeness (QED) is 0.449. The van der Waals surface area contributed by atoms with E-state index in [1.807, 2.05) is 47.4 Å². The summed E-state index contributed by atoms with van der Waals surface area (Å²) in [6.07, 6.45) is 0.845. The largest absolute Gasteiger partial charge is 0.491 e. The van der Waals surface area contributed by atoms with E-state index in [1.54, 1.807) is 10.7 Å². The molecule has 3 aromatic carbocycles. The Morgan fingerprint density at radius 2 is 1.86 bits per heavy atom. The SMILES string of the molecule is O=C(CCn1nnc2ccccc21)N1CCOCCOc2ccc(F)cc2Cc2cccc(c2)C1. The van der Waals surface area contributed by atoms with E-state index < -0.39 is 0 Å². The molecule has 8 heteroatoms. The molecular formula is C27H27FN4O3. The maximum atomic E-state index is 13.9. The molecule has 1 aromatic heterocycles. The van der Waals surface area contributed by atoms with Crippen molar-refractivity contribution in [1.29, 1.82) is 0 Å². The molecule has 0 aliphatic carbocycles. The number of carbonyl (C=O) groups is 1. The number of hydrogen-bond donors (Lipinski definition) is 0. The van der Waals surface area contributed by atoms with Crippen molar-refractivity contribution in [3.63, 3.8) is 0 Å². The Labute approximate surface area is 203 Å². The number of para-hydroxylation sites is 1. The predicted octanol–water partition coefficient (Wildman–Crippen LogP) is 3.99. The number of fused-ring (bicyclic) bond motifs is 4. The zero-order chi connectivity index (χ0) is 24.0. The number of benzene rings is 3. The summed E-state index contributed by atoms with van der Waals surface area (Å²) in [6.45, 7) is 2.54. The van der Waals surface area contributed by atoms with Crippen molar-refractivity contribution < 1.29 is 18.7 Å². The Morgan fingerprint density at radius 1 is 0.971 bits per heavy atom. The lowest BCUT2D eigenvalue weighted by Crippen LogP contribution is -2.34. The first-order valence-electron chi connectivity index (χ1n) is 11.8. The fourth-order valence-corrected chi connectivity index (χ4v) is 4.33. The highest BCUT2D eigenvalue weighted by molar-refractivity contribution is 5.77. The highest BCUT2D eigenvalue weighted by atomic mass is 19.1. The fourth-order valence-electron chi connectivity index (χ4n) is 4.33. The monoisotopic (exact) mass is 474 g/mol. The van der Waals surface area contributed by atoms with Gasteiger partial charge in [-0.2, -0.15) is 0 Å². The number of halogens is 1. The number of aromatic nitrogens is 3. The van der Waals surface area contributed by atoms with Crippen molar-refractivity contribution in [2.75, 3.05) is 26.4 Å². The number of nitrogens with zero attached hydrogens (tertiary/aromatic N) is 4. The molecule has 0 unspecified atom stereocenters. The lowest BCUT2D eigenvalue weighted by atomic mass is 10.0. The molecule has 180 valence electrons. The second kappa shape index (κ2) is 10.7. The van der Waals surface area contributed by atoms with Crippen LogP contribution in [0.2, 0.25) is 0 Å². The number of hydrogen-bond acceptors (Lipinski definition) is 5. The van der Waals surface area contributed by atoms with Crippen molar-refractivity contribution in [3.8, 4) is 5.75 Å². The van der Waals surface area contributed by atoms with Gasteiger partial charge in [-0.05, 0) is 41.5 Å². The topological polar surface area (TPSA) is 69.5 Å². The number of aryl methyl sites for hydroxylation is 1. The Bertz CT molecular complexity index is 1320. The van der Waals surface area contributed by atoms with E-state index >= 15 is 0 Å². The summed E-state index contributed by atoms with van der Waals surface area (Å²) in [4.78, 5) is 15.0. The molecule has 1 aliphatic heterocycles. The van der Waals surface area contributed by atoms with Crippen molar-refractivity contribution in [2.45, 2.75) is 25.9 Å². The van der Waals surface area contributed by atoms with E-state index in [2.05, 4.69) is 16.4 Å². The van der Waals surface area contributed by atoms with Crippen LogP contribution >= 0.6 is 0 Å². The van der Waals surface area contributed by atoms with Crippen LogP contribution in [-0.4, -0.2) is 52.2 Å². The highest BCUT2D eigenvalue weighted by Gasteiger charge is 2.16. The minimum absolute atomic E-state index is 0.0225. The van der Waals surface area contributed by atoms with Gasteiger partial charge in [0.2, 0.25) is 5.91 Å². The lowest BCUT2D eigenvalue weighted by molar-refractivity contribution is -0.133. The molecule has 0 spiro atoms. The van der Waals surface area contributed by atoms with Gasteiger partial charge in [0.1, 0.15) is 23.7 Å². The van der Waals surface area contributed by atoms with E-state index in [9.17, 15) is 9.18 Å². The maximum absolute atomic E-state index is 13.9. The summed E-state index contributed by atoms with van der Waals surface area (Å²) < 4.78 is 27.3. The van der Waals surface area contributed by atoms with Crippen LogP contribution in [0, 0.1) is 5.82 Å². The van der Waals surface area contributed by atoms with Gasteiger partial charge in [0, 0.05) is 31.5 Å². The smallest absolute Gasteiger partial charge is 0.224 e. The van der Waals surface area contributed by atoms with Gasteiger partial charge >= 0.3 is 0 Å². The second-order valence-electron chi connectivity index (χ2n) is 8.58. The molecule has 0 saturated carbocycles. The first-order chi connectivity index (χ1) is 17.2. The van der Waals surface area contributed by atoms with Crippen LogP contribution in [0.5, 0.6) is 5.75 Å². The van der Waals surface area contributed by atoms with Crippen LogP contribution in [-0.2, 0) is 29.0 Å². The first kappa shape index (κ1) is 23.0. The molecule has 1 aliphatic rings. The Hall–Kier alpha value is -3.78. The minimum atomic E-state index is -0.294. The number of rotatable bonds is 3. The maximum Gasteiger partial charge on any atom is 0.224 e. The zero-order valence-corrected chi connectivity index (χ0v) is 19.4. The van der Waals surface area contributed by atoms with Crippen molar-refractivity contribution in [3.05, 3.63) is 89.2 Å². The lowest BCUT2D eigenvalue weighted by Gasteiger charge is -2.24. The number of carbonyl (C=O) groups excluding carboxylic acids is 1. The summed E-state index contributed by atoms with van der Waals surface area (Å²) in [5.74, 6) is 0.391. The molecule has 0 saturated heterocycles. The van der Waals surface area contributed by atoms with Crippen LogP contribution in [0.1, 0.15) is 23.1 Å². The normalized spacial score (nSPS) is 14.7. The molecule has 0 atom stereocenters. The third kappa shape index (κ3) is 5.66. The Balaban J connectivity index is 1.33. The molecule has 2 heterocycles. The second-order valence-corrected chi connectivity index (χ2v) is 8.58. The standard InChI is InChI=1S/C27H27FN4O3/c28-23-8-9-26-22(18-23)17-20-4-3-5-21(16-20)19-31(12-13-34-14-15-35-26)27(33)10-11-32-25-7-2-1-6-24(25)29-30-32/h1-9,16,18H,10-15,17,19H2. The van der Waals surface area contributed by atoms with E-state index in [1.165, 1.54) is 12.1 Å². The average molecular weight is 475 g/mol. The van der Waals surface area contributed by atoms with Gasteiger partial charge in [0.05, 0.1) is 25.3 Å². The summed E-state index contributed by atoms with van der Waals surface area (Å²) in [7, 11) is 0. The van der Waals surface area contributed by atoms with Crippen LogP contribution in [0.15, 0.2) is 66.7 Å². The third-order valence-electron chi connectivity index (χ3n) is 6.08. The van der Waals surface area contributed by atoms with Crippen LogP contribution in [0.4, 0.5) is 4.39 Å². The number of ether oxygens (including phenoxy) is 2. The van der Waals surface area contributed by atoms with E-state index in [0.29, 0.717) is 58.0 Å². The van der Waals surface area contributed by atoms with Crippen molar-refractivity contribution >= 4 is 16.9 Å².